The molecular formula is C10H18O2S. The molecule has 2 unspecified atom stereocenters. The van der Waals surface area contributed by atoms with Crippen LogP contribution >= 0.6 is 0 Å². The topological polar surface area (TPSA) is 34.1 Å². The quantitative estimate of drug-likeness (QED) is 0.652. The smallest absolute Gasteiger partial charge is 0.148 e. The van der Waals surface area contributed by atoms with Crippen LogP contribution in [0.1, 0.15) is 46.5 Å². The SMILES string of the molecule is CC(C)(C)S(=O)C1CCCCC1=O. The summed E-state index contributed by atoms with van der Waals surface area (Å²) >= 11 is 0. The molecule has 0 aliphatic heterocycles. The summed E-state index contributed by atoms with van der Waals surface area (Å²) in [6, 6.07) is 0. The van der Waals surface area contributed by atoms with Gasteiger partial charge in [0.05, 0.1) is 5.25 Å². The minimum atomic E-state index is -1.00. The van der Waals surface area contributed by atoms with Crippen molar-refractivity contribution in [1.29, 1.82) is 0 Å². The van der Waals surface area contributed by atoms with Gasteiger partial charge in [0.1, 0.15) is 5.78 Å². The van der Waals surface area contributed by atoms with Crippen molar-refractivity contribution in [3.05, 3.63) is 0 Å². The number of carbonyl (C=O) groups is 1. The molecule has 1 aliphatic rings. The zero-order valence-corrected chi connectivity index (χ0v) is 9.45. The van der Waals surface area contributed by atoms with E-state index in [4.69, 9.17) is 0 Å². The Bertz CT molecular complexity index is 228. The van der Waals surface area contributed by atoms with E-state index in [0.29, 0.717) is 6.42 Å². The molecule has 0 heterocycles. The van der Waals surface area contributed by atoms with Gasteiger partial charge in [-0.2, -0.15) is 0 Å². The van der Waals surface area contributed by atoms with E-state index in [1.165, 1.54) is 0 Å². The molecule has 0 amide bonds. The van der Waals surface area contributed by atoms with E-state index in [-0.39, 0.29) is 15.8 Å². The van der Waals surface area contributed by atoms with E-state index in [1.807, 2.05) is 20.8 Å². The van der Waals surface area contributed by atoms with E-state index < -0.39 is 10.8 Å². The Labute approximate surface area is 82.6 Å². The summed E-state index contributed by atoms with van der Waals surface area (Å²) in [4.78, 5) is 11.5. The number of Topliss-reactive ketones (excluding diaryl/α,β-unsaturated/α-hetero) is 1. The van der Waals surface area contributed by atoms with Crippen molar-refractivity contribution >= 4 is 16.6 Å². The summed E-state index contributed by atoms with van der Waals surface area (Å²) in [6.07, 6.45) is 3.49. The van der Waals surface area contributed by atoms with Crippen LogP contribution in [0, 0.1) is 0 Å². The van der Waals surface area contributed by atoms with Gasteiger partial charge in [0.15, 0.2) is 0 Å². The number of ketones is 1. The molecule has 0 N–H and O–H groups in total. The van der Waals surface area contributed by atoms with Crippen molar-refractivity contribution in [2.75, 3.05) is 0 Å². The number of hydrogen-bond donors (Lipinski definition) is 0. The van der Waals surface area contributed by atoms with Crippen LogP contribution in [0.5, 0.6) is 0 Å². The second-order valence-corrected chi connectivity index (χ2v) is 7.00. The molecule has 13 heavy (non-hydrogen) atoms. The van der Waals surface area contributed by atoms with Gasteiger partial charge in [-0.1, -0.05) is 6.42 Å². The fraction of sp³-hybridized carbons (Fsp3) is 0.900. The van der Waals surface area contributed by atoms with Gasteiger partial charge in [-0.3, -0.25) is 9.00 Å². The van der Waals surface area contributed by atoms with E-state index >= 15 is 0 Å². The Hall–Kier alpha value is -0.180. The molecule has 0 saturated heterocycles. The molecule has 2 nitrogen and oxygen atoms in total. The van der Waals surface area contributed by atoms with Gasteiger partial charge in [-0.15, -0.1) is 0 Å². The zero-order valence-electron chi connectivity index (χ0n) is 8.63. The van der Waals surface area contributed by atoms with Crippen LogP contribution in [0.2, 0.25) is 0 Å². The van der Waals surface area contributed by atoms with Crippen molar-refractivity contribution in [3.63, 3.8) is 0 Å². The van der Waals surface area contributed by atoms with Crippen LogP contribution in [0.3, 0.4) is 0 Å². The van der Waals surface area contributed by atoms with Gasteiger partial charge in [0.25, 0.3) is 0 Å². The van der Waals surface area contributed by atoms with E-state index in [2.05, 4.69) is 0 Å². The summed E-state index contributed by atoms with van der Waals surface area (Å²) in [5.41, 5.74) is 0. The lowest BCUT2D eigenvalue weighted by atomic mass is 9.99. The molecule has 3 heteroatoms. The fourth-order valence-electron chi connectivity index (χ4n) is 1.60. The number of carbonyl (C=O) groups excluding carboxylic acids is 1. The Balaban J connectivity index is 2.70. The van der Waals surface area contributed by atoms with Crippen LogP contribution in [0.4, 0.5) is 0 Å². The van der Waals surface area contributed by atoms with Crippen LogP contribution in [0.15, 0.2) is 0 Å². The predicted molar refractivity (Wildman–Crippen MR) is 55.2 cm³/mol. The monoisotopic (exact) mass is 202 g/mol. The Morgan fingerprint density at radius 3 is 2.38 bits per heavy atom. The number of rotatable bonds is 1. The molecular weight excluding hydrogens is 184 g/mol. The van der Waals surface area contributed by atoms with Crippen molar-refractivity contribution in [2.45, 2.75) is 56.5 Å². The van der Waals surface area contributed by atoms with Crippen LogP contribution in [0.25, 0.3) is 0 Å². The lowest BCUT2D eigenvalue weighted by Crippen LogP contribution is -2.38. The third kappa shape index (κ3) is 2.63. The van der Waals surface area contributed by atoms with Gasteiger partial charge in [0.2, 0.25) is 0 Å². The Morgan fingerprint density at radius 2 is 1.92 bits per heavy atom. The molecule has 1 rings (SSSR count). The molecule has 0 radical (unpaired) electrons. The van der Waals surface area contributed by atoms with Crippen molar-refractivity contribution in [2.24, 2.45) is 0 Å². The van der Waals surface area contributed by atoms with Crippen LogP contribution < -0.4 is 0 Å². The highest BCUT2D eigenvalue weighted by Crippen LogP contribution is 2.25. The van der Waals surface area contributed by atoms with Crippen LogP contribution in [-0.2, 0) is 15.6 Å². The molecule has 1 saturated carbocycles. The molecule has 2 atom stereocenters. The highest BCUT2D eigenvalue weighted by molar-refractivity contribution is 7.87. The molecule has 76 valence electrons. The molecule has 0 aromatic heterocycles. The Morgan fingerprint density at radius 1 is 1.31 bits per heavy atom. The molecule has 0 spiro atoms. The standard InChI is InChI=1S/C10H18O2S/c1-10(2,3)13(12)9-7-5-4-6-8(9)11/h9H,4-7H2,1-3H3. The second kappa shape index (κ2) is 3.91. The van der Waals surface area contributed by atoms with Gasteiger partial charge in [0, 0.05) is 22.0 Å². The van der Waals surface area contributed by atoms with E-state index in [1.54, 1.807) is 0 Å². The third-order valence-electron chi connectivity index (χ3n) is 2.36. The summed E-state index contributed by atoms with van der Waals surface area (Å²) < 4.78 is 11.7. The fourth-order valence-corrected chi connectivity index (χ4v) is 3.20. The first-order valence-corrected chi connectivity index (χ1v) is 6.07. The van der Waals surface area contributed by atoms with Crippen molar-refractivity contribution in [1.82, 2.24) is 0 Å². The minimum absolute atomic E-state index is 0.186. The summed E-state index contributed by atoms with van der Waals surface area (Å²) in [6.45, 7) is 5.81. The summed E-state index contributed by atoms with van der Waals surface area (Å²) in [7, 11) is -1.00. The van der Waals surface area contributed by atoms with Gasteiger partial charge >= 0.3 is 0 Å². The summed E-state index contributed by atoms with van der Waals surface area (Å²) in [5.74, 6) is 0.208. The largest absolute Gasteiger partial charge is 0.298 e. The van der Waals surface area contributed by atoms with Gasteiger partial charge in [-0.25, -0.2) is 0 Å². The second-order valence-electron chi connectivity index (χ2n) is 4.61. The zero-order chi connectivity index (χ0) is 10.1. The first-order chi connectivity index (χ1) is 5.93. The van der Waals surface area contributed by atoms with Crippen LogP contribution in [-0.4, -0.2) is 20.0 Å². The maximum Gasteiger partial charge on any atom is 0.148 e. The lowest BCUT2D eigenvalue weighted by Gasteiger charge is -2.27. The summed E-state index contributed by atoms with van der Waals surface area (Å²) in [5, 5.41) is -0.186. The maximum atomic E-state index is 11.9. The first-order valence-electron chi connectivity index (χ1n) is 4.86. The Kier molecular flexibility index (Phi) is 3.28. The normalized spacial score (nSPS) is 27.3. The minimum Gasteiger partial charge on any atom is -0.298 e. The molecule has 0 aromatic rings. The van der Waals surface area contributed by atoms with Gasteiger partial charge in [-0.05, 0) is 33.6 Å². The first kappa shape index (κ1) is 10.9. The third-order valence-corrected chi connectivity index (χ3v) is 4.58. The van der Waals surface area contributed by atoms with E-state index in [9.17, 15) is 9.00 Å². The van der Waals surface area contributed by atoms with Gasteiger partial charge < -0.3 is 0 Å². The molecule has 1 aliphatic carbocycles. The number of hydrogen-bond acceptors (Lipinski definition) is 2. The van der Waals surface area contributed by atoms with Crippen molar-refractivity contribution in [3.8, 4) is 0 Å². The molecule has 0 aromatic carbocycles. The highest BCUT2D eigenvalue weighted by Gasteiger charge is 2.33. The maximum absolute atomic E-state index is 11.9. The highest BCUT2D eigenvalue weighted by atomic mass is 32.2. The predicted octanol–water partition coefficient (Wildman–Crippen LogP) is 2.05. The lowest BCUT2D eigenvalue weighted by molar-refractivity contribution is -0.119. The van der Waals surface area contributed by atoms with E-state index in [0.717, 1.165) is 19.3 Å². The van der Waals surface area contributed by atoms with Crippen molar-refractivity contribution < 1.29 is 9.00 Å². The average molecular weight is 202 g/mol. The molecule has 1 fully saturated rings. The average Bonchev–Trinajstić information content (AvgIpc) is 2.02. The molecule has 0 bridgehead atoms.